The first-order valence-corrected chi connectivity index (χ1v) is 10.8. The average Bonchev–Trinajstić information content (AvgIpc) is 3.07. The average molecular weight is 406 g/mol. The predicted molar refractivity (Wildman–Crippen MR) is 108 cm³/mol. The molecule has 1 N–H and O–H groups in total. The summed E-state index contributed by atoms with van der Waals surface area (Å²) >= 11 is 0. The molecule has 1 saturated heterocycles. The van der Waals surface area contributed by atoms with Gasteiger partial charge in [0.15, 0.2) is 0 Å². The Morgan fingerprint density at radius 1 is 1.18 bits per heavy atom. The molecule has 1 aliphatic heterocycles. The van der Waals surface area contributed by atoms with Crippen LogP contribution >= 0.6 is 0 Å². The molecule has 2 aromatic rings. The van der Waals surface area contributed by atoms with E-state index < -0.39 is 15.9 Å². The molecule has 0 unspecified atom stereocenters. The molecule has 9 heteroatoms. The fourth-order valence-electron chi connectivity index (χ4n) is 3.42. The van der Waals surface area contributed by atoms with Crippen LogP contribution in [-0.2, 0) is 17.1 Å². The number of aryl methyl sites for hydroxylation is 3. The molecule has 0 radical (unpaired) electrons. The number of nitrogens with one attached hydrogen (secondary N) is 1. The molecule has 1 aromatic heterocycles. The first kappa shape index (κ1) is 20.3. The maximum atomic E-state index is 13.1. The van der Waals surface area contributed by atoms with E-state index in [1.54, 1.807) is 14.0 Å². The summed E-state index contributed by atoms with van der Waals surface area (Å²) in [7, 11) is -2.23. The molecule has 0 aliphatic carbocycles. The monoisotopic (exact) mass is 405 g/mol. The van der Waals surface area contributed by atoms with Gasteiger partial charge in [0.1, 0.15) is 0 Å². The van der Waals surface area contributed by atoms with Gasteiger partial charge in [0, 0.05) is 51.7 Å². The number of piperazine rings is 1. The van der Waals surface area contributed by atoms with E-state index in [1.807, 2.05) is 6.92 Å². The van der Waals surface area contributed by atoms with Crippen molar-refractivity contribution >= 4 is 21.6 Å². The number of nitrogens with zero attached hydrogens (tertiary/aromatic N) is 4. The van der Waals surface area contributed by atoms with Gasteiger partial charge in [0.25, 0.3) is 15.9 Å². The first-order valence-electron chi connectivity index (χ1n) is 9.38. The Labute approximate surface area is 166 Å². The Hall–Kier alpha value is -2.39. The molecule has 3 rings (SSSR count). The highest BCUT2D eigenvalue weighted by Gasteiger charge is 2.34. The Morgan fingerprint density at radius 3 is 2.50 bits per heavy atom. The summed E-state index contributed by atoms with van der Waals surface area (Å²) < 4.78 is 29.1. The number of aromatic nitrogens is 2. The van der Waals surface area contributed by atoms with Crippen LogP contribution in [0.2, 0.25) is 0 Å². The van der Waals surface area contributed by atoms with E-state index in [0.717, 1.165) is 5.69 Å². The second kappa shape index (κ2) is 7.92. The normalized spacial score (nSPS) is 15.6. The smallest absolute Gasteiger partial charge is 0.263 e. The largest absolute Gasteiger partial charge is 0.369 e. The molecule has 1 amide bonds. The Balaban J connectivity index is 1.80. The third kappa shape index (κ3) is 3.90. The van der Waals surface area contributed by atoms with Crippen LogP contribution in [0.3, 0.4) is 0 Å². The molecule has 1 fully saturated rings. The van der Waals surface area contributed by atoms with Gasteiger partial charge in [-0.05, 0) is 38.0 Å². The molecule has 0 atom stereocenters. The summed E-state index contributed by atoms with van der Waals surface area (Å²) in [5.74, 6) is -0.428. The molecule has 1 aliphatic rings. The lowest BCUT2D eigenvalue weighted by atomic mass is 10.1. The second-order valence-corrected chi connectivity index (χ2v) is 8.92. The zero-order chi connectivity index (χ0) is 20.5. The van der Waals surface area contributed by atoms with Crippen LogP contribution in [0.4, 0.5) is 5.69 Å². The van der Waals surface area contributed by atoms with Gasteiger partial charge in [0.05, 0.1) is 5.56 Å². The maximum absolute atomic E-state index is 13.1. The van der Waals surface area contributed by atoms with Crippen molar-refractivity contribution in [3.05, 3.63) is 41.1 Å². The zero-order valence-electron chi connectivity index (χ0n) is 16.8. The van der Waals surface area contributed by atoms with Gasteiger partial charge in [-0.25, -0.2) is 8.42 Å². The zero-order valence-corrected chi connectivity index (χ0v) is 17.6. The van der Waals surface area contributed by atoms with Gasteiger partial charge in [-0.1, -0.05) is 12.1 Å². The van der Waals surface area contributed by atoms with Crippen molar-refractivity contribution in [1.29, 1.82) is 0 Å². The van der Waals surface area contributed by atoms with Gasteiger partial charge in [-0.3, -0.25) is 9.48 Å². The first-order chi connectivity index (χ1) is 13.2. The fraction of sp³-hybridized carbons (Fsp3) is 0.474. The summed E-state index contributed by atoms with van der Waals surface area (Å²) in [5, 5.41) is 6.54. The number of benzene rings is 1. The SMILES string of the molecule is CCNC(=O)c1cn(C)nc1S(=O)(=O)N1CCN(c2cc(C)ccc2C)CC1. The molecule has 0 bridgehead atoms. The number of sulfonamides is 1. The second-order valence-electron chi connectivity index (χ2n) is 7.06. The van der Waals surface area contributed by atoms with Crippen molar-refractivity contribution in [2.75, 3.05) is 37.6 Å². The highest BCUT2D eigenvalue weighted by molar-refractivity contribution is 7.89. The highest BCUT2D eigenvalue weighted by atomic mass is 32.2. The number of hydrogen-bond acceptors (Lipinski definition) is 5. The molecular formula is C19H27N5O3S. The van der Waals surface area contributed by atoms with E-state index >= 15 is 0 Å². The lowest BCUT2D eigenvalue weighted by Crippen LogP contribution is -2.49. The minimum Gasteiger partial charge on any atom is -0.369 e. The lowest BCUT2D eigenvalue weighted by Gasteiger charge is -2.36. The van der Waals surface area contributed by atoms with Crippen LogP contribution in [0.1, 0.15) is 28.4 Å². The third-order valence-corrected chi connectivity index (χ3v) is 6.74. The van der Waals surface area contributed by atoms with Gasteiger partial charge < -0.3 is 10.2 Å². The van der Waals surface area contributed by atoms with Crippen LogP contribution in [0.5, 0.6) is 0 Å². The van der Waals surface area contributed by atoms with Crippen molar-refractivity contribution in [2.45, 2.75) is 25.8 Å². The number of carbonyl (C=O) groups excluding carboxylic acids is 1. The molecule has 152 valence electrons. The standard InChI is InChI=1S/C19H27N5O3S/c1-5-20-18(25)16-13-22(4)21-19(16)28(26,27)24-10-8-23(9-11-24)17-12-14(2)6-7-15(17)3/h6-7,12-13H,5,8-11H2,1-4H3,(H,20,25). The number of carbonyl (C=O) groups is 1. The van der Waals surface area contributed by atoms with Crippen LogP contribution in [-0.4, -0.2) is 61.1 Å². The quantitative estimate of drug-likeness (QED) is 0.810. The topological polar surface area (TPSA) is 87.5 Å². The van der Waals surface area contributed by atoms with Crippen molar-refractivity contribution in [3.63, 3.8) is 0 Å². The van der Waals surface area contributed by atoms with Crippen molar-refractivity contribution < 1.29 is 13.2 Å². The van der Waals surface area contributed by atoms with Crippen LogP contribution in [0.25, 0.3) is 0 Å². The lowest BCUT2D eigenvalue weighted by molar-refractivity contribution is 0.0952. The maximum Gasteiger partial charge on any atom is 0.263 e. The molecular weight excluding hydrogens is 378 g/mol. The van der Waals surface area contributed by atoms with Crippen molar-refractivity contribution in [2.24, 2.45) is 7.05 Å². The fourth-order valence-corrected chi connectivity index (χ4v) is 4.97. The number of rotatable bonds is 5. The number of amides is 1. The van der Waals surface area contributed by atoms with E-state index in [1.165, 1.54) is 26.3 Å². The molecule has 0 saturated carbocycles. The Kier molecular flexibility index (Phi) is 5.76. The summed E-state index contributed by atoms with van der Waals surface area (Å²) in [6, 6.07) is 6.29. The van der Waals surface area contributed by atoms with Crippen LogP contribution in [0, 0.1) is 13.8 Å². The van der Waals surface area contributed by atoms with Gasteiger partial charge in [-0.2, -0.15) is 9.40 Å². The van der Waals surface area contributed by atoms with E-state index in [-0.39, 0.29) is 10.6 Å². The molecule has 1 aromatic carbocycles. The van der Waals surface area contributed by atoms with E-state index in [9.17, 15) is 13.2 Å². The molecule has 2 heterocycles. The predicted octanol–water partition coefficient (Wildman–Crippen LogP) is 1.30. The Morgan fingerprint density at radius 2 is 1.86 bits per heavy atom. The summed E-state index contributed by atoms with van der Waals surface area (Å²) in [6.07, 6.45) is 1.45. The van der Waals surface area contributed by atoms with Gasteiger partial charge >= 0.3 is 0 Å². The molecule has 0 spiro atoms. The van der Waals surface area contributed by atoms with Crippen LogP contribution in [0.15, 0.2) is 29.4 Å². The van der Waals surface area contributed by atoms with Crippen molar-refractivity contribution in [3.8, 4) is 0 Å². The van der Waals surface area contributed by atoms with Gasteiger partial charge in [-0.15, -0.1) is 0 Å². The molecule has 28 heavy (non-hydrogen) atoms. The van der Waals surface area contributed by atoms with Crippen molar-refractivity contribution in [1.82, 2.24) is 19.4 Å². The summed E-state index contributed by atoms with van der Waals surface area (Å²) in [5.41, 5.74) is 3.57. The number of anilines is 1. The van der Waals surface area contributed by atoms with E-state index in [0.29, 0.717) is 32.7 Å². The minimum atomic E-state index is -3.85. The minimum absolute atomic E-state index is 0.0845. The van der Waals surface area contributed by atoms with Gasteiger partial charge in [0.2, 0.25) is 5.03 Å². The highest BCUT2D eigenvalue weighted by Crippen LogP contribution is 2.25. The van der Waals surface area contributed by atoms with E-state index in [2.05, 4.69) is 40.4 Å². The molecule has 8 nitrogen and oxygen atoms in total. The Bertz CT molecular complexity index is 975. The number of hydrogen-bond donors (Lipinski definition) is 1. The summed E-state index contributed by atoms with van der Waals surface area (Å²) in [6.45, 7) is 8.19. The third-order valence-electron chi connectivity index (χ3n) is 4.91. The summed E-state index contributed by atoms with van der Waals surface area (Å²) in [4.78, 5) is 14.5. The van der Waals surface area contributed by atoms with E-state index in [4.69, 9.17) is 0 Å². The van der Waals surface area contributed by atoms with Crippen LogP contribution < -0.4 is 10.2 Å².